The van der Waals surface area contributed by atoms with Crippen molar-refractivity contribution in [3.63, 3.8) is 0 Å². The maximum absolute atomic E-state index is 5.93. The van der Waals surface area contributed by atoms with E-state index in [0.717, 1.165) is 24.3 Å². The minimum absolute atomic E-state index is 0.674. The van der Waals surface area contributed by atoms with E-state index in [1.54, 1.807) is 7.11 Å². The summed E-state index contributed by atoms with van der Waals surface area (Å²) in [7, 11) is 1.67. The number of nitrogens with zero attached hydrogens (tertiary/aromatic N) is 2. The molecule has 0 aliphatic heterocycles. The van der Waals surface area contributed by atoms with Gasteiger partial charge in [-0.05, 0) is 43.5 Å². The fourth-order valence-electron chi connectivity index (χ4n) is 2.40. The van der Waals surface area contributed by atoms with E-state index in [0.29, 0.717) is 5.82 Å². The SMILES string of the molecule is COc1ccc(-n2nc(N)c3c2CCC3)cc1. The topological polar surface area (TPSA) is 53.1 Å². The molecule has 1 aliphatic rings. The molecular formula is C13H15N3O. The Balaban J connectivity index is 2.06. The van der Waals surface area contributed by atoms with Gasteiger partial charge in [-0.1, -0.05) is 0 Å². The van der Waals surface area contributed by atoms with Gasteiger partial charge in [0.25, 0.3) is 0 Å². The van der Waals surface area contributed by atoms with Crippen LogP contribution < -0.4 is 10.5 Å². The van der Waals surface area contributed by atoms with Crippen LogP contribution in [0.1, 0.15) is 17.7 Å². The molecule has 0 saturated heterocycles. The van der Waals surface area contributed by atoms with Crippen LogP contribution in [0.4, 0.5) is 5.82 Å². The van der Waals surface area contributed by atoms with Crippen molar-refractivity contribution in [3.05, 3.63) is 35.5 Å². The first-order chi connectivity index (χ1) is 8.29. The van der Waals surface area contributed by atoms with Crippen LogP contribution in [0.3, 0.4) is 0 Å². The molecule has 1 aromatic carbocycles. The average Bonchev–Trinajstić information content (AvgIpc) is 2.94. The summed E-state index contributed by atoms with van der Waals surface area (Å²) < 4.78 is 7.10. The predicted octanol–water partition coefficient (Wildman–Crippen LogP) is 1.95. The Kier molecular flexibility index (Phi) is 2.28. The lowest BCUT2D eigenvalue weighted by atomic mass is 10.2. The molecule has 1 aliphatic carbocycles. The molecule has 17 heavy (non-hydrogen) atoms. The van der Waals surface area contributed by atoms with Crippen LogP contribution in [0.25, 0.3) is 5.69 Å². The summed E-state index contributed by atoms with van der Waals surface area (Å²) in [5, 5.41) is 4.41. The van der Waals surface area contributed by atoms with Gasteiger partial charge < -0.3 is 10.5 Å². The molecule has 88 valence electrons. The predicted molar refractivity (Wildman–Crippen MR) is 66.6 cm³/mol. The second kappa shape index (κ2) is 3.80. The number of nitrogens with two attached hydrogens (primary N) is 1. The van der Waals surface area contributed by atoms with Crippen molar-refractivity contribution in [1.82, 2.24) is 9.78 Å². The molecule has 0 fully saturated rings. The molecule has 3 rings (SSSR count). The van der Waals surface area contributed by atoms with Crippen molar-refractivity contribution in [2.24, 2.45) is 0 Å². The first-order valence-electron chi connectivity index (χ1n) is 5.80. The molecule has 2 N–H and O–H groups in total. The molecule has 0 bridgehead atoms. The third kappa shape index (κ3) is 1.56. The summed E-state index contributed by atoms with van der Waals surface area (Å²) in [6, 6.07) is 7.89. The summed E-state index contributed by atoms with van der Waals surface area (Å²) in [6.07, 6.45) is 3.29. The second-order valence-corrected chi connectivity index (χ2v) is 4.27. The maximum Gasteiger partial charge on any atom is 0.149 e. The van der Waals surface area contributed by atoms with Crippen molar-refractivity contribution in [1.29, 1.82) is 0 Å². The van der Waals surface area contributed by atoms with Crippen LogP contribution in [0.5, 0.6) is 5.75 Å². The number of methoxy groups -OCH3 is 1. The van der Waals surface area contributed by atoms with Gasteiger partial charge in [-0.2, -0.15) is 5.10 Å². The van der Waals surface area contributed by atoms with Gasteiger partial charge in [0.1, 0.15) is 11.6 Å². The standard InChI is InChI=1S/C13H15N3O/c1-17-10-7-5-9(6-8-10)16-12-4-2-3-11(12)13(14)15-16/h5-8H,2-4H2,1H3,(H2,14,15). The van der Waals surface area contributed by atoms with Gasteiger partial charge in [0.05, 0.1) is 12.8 Å². The number of ether oxygens (including phenoxy) is 1. The molecule has 0 spiro atoms. The average molecular weight is 229 g/mol. The van der Waals surface area contributed by atoms with Gasteiger partial charge in [-0.25, -0.2) is 4.68 Å². The van der Waals surface area contributed by atoms with Crippen molar-refractivity contribution in [3.8, 4) is 11.4 Å². The first kappa shape index (κ1) is 10.2. The Bertz CT molecular complexity index is 543. The lowest BCUT2D eigenvalue weighted by Crippen LogP contribution is -2.01. The first-order valence-corrected chi connectivity index (χ1v) is 5.80. The number of hydrogen-bond acceptors (Lipinski definition) is 3. The Morgan fingerprint density at radius 3 is 2.71 bits per heavy atom. The number of aromatic nitrogens is 2. The van der Waals surface area contributed by atoms with E-state index in [9.17, 15) is 0 Å². The van der Waals surface area contributed by atoms with Crippen LogP contribution in [0.2, 0.25) is 0 Å². The number of hydrogen-bond donors (Lipinski definition) is 1. The van der Waals surface area contributed by atoms with Gasteiger partial charge in [-0.15, -0.1) is 0 Å². The molecule has 1 heterocycles. The van der Waals surface area contributed by atoms with E-state index in [-0.39, 0.29) is 0 Å². The fourth-order valence-corrected chi connectivity index (χ4v) is 2.40. The minimum Gasteiger partial charge on any atom is -0.497 e. The quantitative estimate of drug-likeness (QED) is 0.856. The number of benzene rings is 1. The summed E-state index contributed by atoms with van der Waals surface area (Å²) >= 11 is 0. The molecule has 4 heteroatoms. The van der Waals surface area contributed by atoms with Gasteiger partial charge in [0.2, 0.25) is 0 Å². The molecule has 1 aromatic heterocycles. The number of fused-ring (bicyclic) bond motifs is 1. The zero-order chi connectivity index (χ0) is 11.8. The largest absolute Gasteiger partial charge is 0.497 e. The summed E-state index contributed by atoms with van der Waals surface area (Å²) in [5.74, 6) is 1.53. The molecular weight excluding hydrogens is 214 g/mol. The lowest BCUT2D eigenvalue weighted by Gasteiger charge is -2.06. The summed E-state index contributed by atoms with van der Waals surface area (Å²) in [5.41, 5.74) is 9.45. The van der Waals surface area contributed by atoms with Crippen LogP contribution in [0, 0.1) is 0 Å². The van der Waals surface area contributed by atoms with E-state index in [1.807, 2.05) is 28.9 Å². The highest BCUT2D eigenvalue weighted by molar-refractivity contribution is 5.49. The van der Waals surface area contributed by atoms with Crippen molar-refractivity contribution in [2.45, 2.75) is 19.3 Å². The van der Waals surface area contributed by atoms with Crippen molar-refractivity contribution in [2.75, 3.05) is 12.8 Å². The zero-order valence-corrected chi connectivity index (χ0v) is 9.81. The number of anilines is 1. The third-order valence-corrected chi connectivity index (χ3v) is 3.28. The van der Waals surface area contributed by atoms with Gasteiger partial charge in [-0.3, -0.25) is 0 Å². The van der Waals surface area contributed by atoms with E-state index in [1.165, 1.54) is 17.7 Å². The second-order valence-electron chi connectivity index (χ2n) is 4.27. The molecule has 2 aromatic rings. The van der Waals surface area contributed by atoms with E-state index >= 15 is 0 Å². The van der Waals surface area contributed by atoms with Crippen molar-refractivity contribution < 1.29 is 4.74 Å². The Morgan fingerprint density at radius 1 is 1.24 bits per heavy atom. The summed E-state index contributed by atoms with van der Waals surface area (Å²) in [6.45, 7) is 0. The third-order valence-electron chi connectivity index (χ3n) is 3.28. The maximum atomic E-state index is 5.93. The monoisotopic (exact) mass is 229 g/mol. The molecule has 0 atom stereocenters. The normalized spacial score (nSPS) is 13.7. The van der Waals surface area contributed by atoms with Crippen LogP contribution in [0.15, 0.2) is 24.3 Å². The Hall–Kier alpha value is -1.97. The van der Waals surface area contributed by atoms with Crippen LogP contribution in [-0.4, -0.2) is 16.9 Å². The Morgan fingerprint density at radius 2 is 2.00 bits per heavy atom. The molecule has 0 unspecified atom stereocenters. The summed E-state index contributed by atoms with van der Waals surface area (Å²) in [4.78, 5) is 0. The molecule has 0 saturated carbocycles. The van der Waals surface area contributed by atoms with E-state index < -0.39 is 0 Å². The zero-order valence-electron chi connectivity index (χ0n) is 9.81. The van der Waals surface area contributed by atoms with E-state index in [4.69, 9.17) is 10.5 Å². The minimum atomic E-state index is 0.674. The highest BCUT2D eigenvalue weighted by Crippen LogP contribution is 2.29. The molecule has 4 nitrogen and oxygen atoms in total. The van der Waals surface area contributed by atoms with Crippen LogP contribution >= 0.6 is 0 Å². The fraction of sp³-hybridized carbons (Fsp3) is 0.308. The number of rotatable bonds is 2. The highest BCUT2D eigenvalue weighted by Gasteiger charge is 2.21. The van der Waals surface area contributed by atoms with Gasteiger partial charge in [0.15, 0.2) is 0 Å². The Labute approximate surface area is 100 Å². The highest BCUT2D eigenvalue weighted by atomic mass is 16.5. The molecule has 0 amide bonds. The van der Waals surface area contributed by atoms with Crippen molar-refractivity contribution >= 4 is 5.82 Å². The van der Waals surface area contributed by atoms with E-state index in [2.05, 4.69) is 5.10 Å². The number of nitrogen functional groups attached to an aromatic ring is 1. The molecule has 0 radical (unpaired) electrons. The van der Waals surface area contributed by atoms with Gasteiger partial charge in [0, 0.05) is 11.3 Å². The lowest BCUT2D eigenvalue weighted by molar-refractivity contribution is 0.414. The van der Waals surface area contributed by atoms with Gasteiger partial charge >= 0.3 is 0 Å². The smallest absolute Gasteiger partial charge is 0.149 e. The van der Waals surface area contributed by atoms with Crippen LogP contribution in [-0.2, 0) is 12.8 Å².